The molecule has 3 aromatic heterocycles. The predicted octanol–water partition coefficient (Wildman–Crippen LogP) is 4.86. The van der Waals surface area contributed by atoms with Crippen LogP contribution in [0.1, 0.15) is 44.6 Å². The Balaban J connectivity index is 2.01. The number of halogens is 1. The number of aromatic amines is 2. The molecule has 2 N–H and O–H groups in total. The summed E-state index contributed by atoms with van der Waals surface area (Å²) >= 11 is 6.38. The second-order valence-corrected chi connectivity index (χ2v) is 6.99. The number of aromatic nitrogens is 3. The molecule has 1 unspecified atom stereocenters. The van der Waals surface area contributed by atoms with Crippen molar-refractivity contribution in [1.29, 1.82) is 0 Å². The molecule has 5 nitrogen and oxygen atoms in total. The molecular formula is C19H23ClN4O. The van der Waals surface area contributed by atoms with Crippen LogP contribution in [0, 0.1) is 0 Å². The molecule has 0 aliphatic carbocycles. The van der Waals surface area contributed by atoms with Crippen molar-refractivity contribution in [2.75, 3.05) is 0 Å². The van der Waals surface area contributed by atoms with Crippen molar-refractivity contribution in [1.82, 2.24) is 19.9 Å². The molecule has 0 saturated carbocycles. The minimum absolute atomic E-state index is 0.00564. The van der Waals surface area contributed by atoms with Crippen molar-refractivity contribution in [3.63, 3.8) is 0 Å². The molecule has 0 spiro atoms. The van der Waals surface area contributed by atoms with Gasteiger partial charge in [-0.05, 0) is 39.3 Å². The van der Waals surface area contributed by atoms with Gasteiger partial charge in [0.15, 0.2) is 0 Å². The molecule has 0 aliphatic rings. The van der Waals surface area contributed by atoms with Crippen molar-refractivity contribution in [3.8, 4) is 11.1 Å². The largest absolute Gasteiger partial charge is 0.357 e. The van der Waals surface area contributed by atoms with E-state index in [0.717, 1.165) is 28.6 Å². The number of carbonyl (C=O) groups excluding carboxylic acids is 1. The molecular weight excluding hydrogens is 336 g/mol. The van der Waals surface area contributed by atoms with Gasteiger partial charge in [-0.25, -0.2) is 4.98 Å². The standard InChI is InChI=1S/C19H23ClN4O/c1-5-12(4)24(11(2)3)19(25)16-8-13(9-22-16)17-14-6-7-21-18(14)23-10-15(17)20/h6-12,22H,5H2,1-4H3,(H,21,23). The fourth-order valence-corrected chi connectivity index (χ4v) is 3.48. The Hall–Kier alpha value is -2.27. The third kappa shape index (κ3) is 3.16. The van der Waals surface area contributed by atoms with Crippen LogP contribution in [0.4, 0.5) is 0 Å². The van der Waals surface area contributed by atoms with Gasteiger partial charge in [0.25, 0.3) is 5.91 Å². The summed E-state index contributed by atoms with van der Waals surface area (Å²) in [7, 11) is 0. The third-order valence-corrected chi connectivity index (χ3v) is 4.89. The Bertz CT molecular complexity index is 896. The Morgan fingerprint density at radius 1 is 1.32 bits per heavy atom. The number of hydrogen-bond acceptors (Lipinski definition) is 2. The van der Waals surface area contributed by atoms with Crippen LogP contribution in [0.25, 0.3) is 22.2 Å². The summed E-state index contributed by atoms with van der Waals surface area (Å²) in [5, 5.41) is 1.50. The minimum atomic E-state index is 0.00564. The first-order chi connectivity index (χ1) is 11.9. The van der Waals surface area contributed by atoms with Gasteiger partial charge in [-0.15, -0.1) is 0 Å². The van der Waals surface area contributed by atoms with E-state index in [1.54, 1.807) is 6.20 Å². The molecule has 0 aromatic carbocycles. The summed E-state index contributed by atoms with van der Waals surface area (Å²) in [6.45, 7) is 8.24. The number of rotatable bonds is 5. The van der Waals surface area contributed by atoms with Gasteiger partial charge in [-0.3, -0.25) is 4.79 Å². The van der Waals surface area contributed by atoms with Gasteiger partial charge in [0.2, 0.25) is 0 Å². The summed E-state index contributed by atoms with van der Waals surface area (Å²) in [6.07, 6.45) is 6.21. The van der Waals surface area contributed by atoms with Crippen LogP contribution >= 0.6 is 11.6 Å². The second-order valence-electron chi connectivity index (χ2n) is 6.59. The lowest BCUT2D eigenvalue weighted by Crippen LogP contribution is -2.43. The summed E-state index contributed by atoms with van der Waals surface area (Å²) < 4.78 is 0. The second kappa shape index (κ2) is 6.92. The molecule has 132 valence electrons. The average Bonchev–Trinajstić information content (AvgIpc) is 3.23. The predicted molar refractivity (Wildman–Crippen MR) is 102 cm³/mol. The first kappa shape index (κ1) is 17.5. The highest BCUT2D eigenvalue weighted by molar-refractivity contribution is 6.34. The SMILES string of the molecule is CCC(C)N(C(=O)c1cc(-c2c(Cl)cnc3[nH]ccc23)c[nH]1)C(C)C. The van der Waals surface area contributed by atoms with E-state index in [9.17, 15) is 4.79 Å². The van der Waals surface area contributed by atoms with Crippen LogP contribution in [0.3, 0.4) is 0 Å². The maximum Gasteiger partial charge on any atom is 0.270 e. The summed E-state index contributed by atoms with van der Waals surface area (Å²) in [6, 6.07) is 4.13. The highest BCUT2D eigenvalue weighted by Gasteiger charge is 2.25. The zero-order valence-corrected chi connectivity index (χ0v) is 15.7. The number of carbonyl (C=O) groups is 1. The van der Waals surface area contributed by atoms with E-state index in [-0.39, 0.29) is 18.0 Å². The lowest BCUT2D eigenvalue weighted by molar-refractivity contribution is 0.0616. The molecule has 0 saturated heterocycles. The lowest BCUT2D eigenvalue weighted by Gasteiger charge is -2.32. The van der Waals surface area contributed by atoms with E-state index < -0.39 is 0 Å². The van der Waals surface area contributed by atoms with Gasteiger partial charge in [0, 0.05) is 47.2 Å². The van der Waals surface area contributed by atoms with E-state index in [1.807, 2.05) is 43.3 Å². The molecule has 1 atom stereocenters. The number of amides is 1. The van der Waals surface area contributed by atoms with E-state index >= 15 is 0 Å². The van der Waals surface area contributed by atoms with Crippen LogP contribution in [0.5, 0.6) is 0 Å². The number of pyridine rings is 1. The van der Waals surface area contributed by atoms with Crippen LogP contribution in [-0.2, 0) is 0 Å². The third-order valence-electron chi connectivity index (χ3n) is 4.60. The van der Waals surface area contributed by atoms with Crippen molar-refractivity contribution >= 4 is 28.5 Å². The molecule has 25 heavy (non-hydrogen) atoms. The van der Waals surface area contributed by atoms with E-state index in [2.05, 4.69) is 28.8 Å². The molecule has 1 amide bonds. The monoisotopic (exact) mass is 358 g/mol. The number of H-pyrrole nitrogens is 2. The fourth-order valence-electron chi connectivity index (χ4n) is 3.22. The summed E-state index contributed by atoms with van der Waals surface area (Å²) in [5.41, 5.74) is 3.11. The van der Waals surface area contributed by atoms with Crippen LogP contribution < -0.4 is 0 Å². The van der Waals surface area contributed by atoms with Gasteiger partial charge in [-0.1, -0.05) is 18.5 Å². The van der Waals surface area contributed by atoms with Gasteiger partial charge < -0.3 is 14.9 Å². The van der Waals surface area contributed by atoms with E-state index in [4.69, 9.17) is 11.6 Å². The van der Waals surface area contributed by atoms with Crippen molar-refractivity contribution in [2.24, 2.45) is 0 Å². The number of nitrogens with zero attached hydrogens (tertiary/aromatic N) is 2. The van der Waals surface area contributed by atoms with Crippen LogP contribution in [-0.4, -0.2) is 37.8 Å². The molecule has 0 aliphatic heterocycles. The molecule has 6 heteroatoms. The molecule has 3 aromatic rings. The zero-order chi connectivity index (χ0) is 18.1. The Kier molecular flexibility index (Phi) is 4.86. The Morgan fingerprint density at radius 3 is 2.76 bits per heavy atom. The van der Waals surface area contributed by atoms with Gasteiger partial charge in [0.1, 0.15) is 11.3 Å². The maximum atomic E-state index is 13.0. The Labute approximate surface area is 152 Å². The van der Waals surface area contributed by atoms with Gasteiger partial charge >= 0.3 is 0 Å². The normalized spacial score (nSPS) is 12.7. The fraction of sp³-hybridized carbons (Fsp3) is 0.368. The molecule has 3 heterocycles. The number of hydrogen-bond donors (Lipinski definition) is 2. The minimum Gasteiger partial charge on any atom is -0.357 e. The first-order valence-electron chi connectivity index (χ1n) is 8.57. The van der Waals surface area contributed by atoms with Gasteiger partial charge in [-0.2, -0.15) is 0 Å². The topological polar surface area (TPSA) is 64.8 Å². The van der Waals surface area contributed by atoms with Crippen LogP contribution in [0.2, 0.25) is 5.02 Å². The van der Waals surface area contributed by atoms with Crippen molar-refractivity contribution in [3.05, 3.63) is 41.4 Å². The number of fused-ring (bicyclic) bond motifs is 1. The lowest BCUT2D eigenvalue weighted by atomic mass is 10.1. The first-order valence-corrected chi connectivity index (χ1v) is 8.94. The van der Waals surface area contributed by atoms with Crippen molar-refractivity contribution < 1.29 is 4.79 Å². The van der Waals surface area contributed by atoms with Gasteiger partial charge in [0.05, 0.1) is 5.02 Å². The summed E-state index contributed by atoms with van der Waals surface area (Å²) in [4.78, 5) is 25.4. The van der Waals surface area contributed by atoms with E-state index in [1.165, 1.54) is 0 Å². The zero-order valence-electron chi connectivity index (χ0n) is 14.9. The molecule has 3 rings (SSSR count). The average molecular weight is 359 g/mol. The van der Waals surface area contributed by atoms with Crippen LogP contribution in [0.15, 0.2) is 30.7 Å². The highest BCUT2D eigenvalue weighted by atomic mass is 35.5. The molecule has 0 bridgehead atoms. The molecule has 0 radical (unpaired) electrons. The highest BCUT2D eigenvalue weighted by Crippen LogP contribution is 2.34. The summed E-state index contributed by atoms with van der Waals surface area (Å²) in [5.74, 6) is 0.00564. The smallest absolute Gasteiger partial charge is 0.270 e. The van der Waals surface area contributed by atoms with Crippen molar-refractivity contribution in [2.45, 2.75) is 46.2 Å². The quantitative estimate of drug-likeness (QED) is 0.684. The maximum absolute atomic E-state index is 13.0. The Morgan fingerprint density at radius 2 is 2.08 bits per heavy atom. The van der Waals surface area contributed by atoms with E-state index in [0.29, 0.717) is 10.7 Å². The molecule has 0 fully saturated rings. The number of nitrogens with one attached hydrogen (secondary N) is 2.